The summed E-state index contributed by atoms with van der Waals surface area (Å²) in [5.41, 5.74) is 1.52. The van der Waals surface area contributed by atoms with Crippen molar-refractivity contribution in [3.63, 3.8) is 0 Å². The van der Waals surface area contributed by atoms with Crippen molar-refractivity contribution < 1.29 is 9.84 Å². The fourth-order valence-corrected chi connectivity index (χ4v) is 1.55. The molecule has 0 bridgehead atoms. The van der Waals surface area contributed by atoms with Crippen LogP contribution >= 0.6 is 0 Å². The lowest BCUT2D eigenvalue weighted by Gasteiger charge is -2.04. The maximum Gasteiger partial charge on any atom is 0.144 e. The molecule has 0 aliphatic carbocycles. The Morgan fingerprint density at radius 2 is 1.94 bits per heavy atom. The van der Waals surface area contributed by atoms with E-state index in [1.54, 1.807) is 24.4 Å². The summed E-state index contributed by atoms with van der Waals surface area (Å²) in [6.45, 7) is 2.48. The van der Waals surface area contributed by atoms with Crippen LogP contribution < -0.4 is 4.74 Å². The van der Waals surface area contributed by atoms with E-state index in [-0.39, 0.29) is 5.75 Å². The van der Waals surface area contributed by atoms with Gasteiger partial charge >= 0.3 is 0 Å². The molecule has 3 nitrogen and oxygen atoms in total. The van der Waals surface area contributed by atoms with E-state index in [4.69, 9.17) is 4.74 Å². The van der Waals surface area contributed by atoms with Gasteiger partial charge in [0.1, 0.15) is 17.2 Å². The highest BCUT2D eigenvalue weighted by molar-refractivity contribution is 5.82. The molecular weight excluding hydrogens is 226 g/mol. The third-order valence-corrected chi connectivity index (χ3v) is 2.41. The number of rotatable bonds is 4. The van der Waals surface area contributed by atoms with Gasteiger partial charge in [-0.15, -0.1) is 0 Å². The first kappa shape index (κ1) is 12.2. The number of benzene rings is 2. The SMILES string of the molecule is CCOc1ccc(N=Cc2ccccc2)c(O)c1. The summed E-state index contributed by atoms with van der Waals surface area (Å²) in [5, 5.41) is 9.80. The largest absolute Gasteiger partial charge is 0.506 e. The van der Waals surface area contributed by atoms with Crippen molar-refractivity contribution >= 4 is 11.9 Å². The number of ether oxygens (including phenoxy) is 1. The minimum atomic E-state index is 0.119. The van der Waals surface area contributed by atoms with Gasteiger partial charge in [0.25, 0.3) is 0 Å². The van der Waals surface area contributed by atoms with Crippen molar-refractivity contribution in [2.24, 2.45) is 4.99 Å². The molecule has 0 spiro atoms. The summed E-state index contributed by atoms with van der Waals surface area (Å²) in [5.74, 6) is 0.766. The Labute approximate surface area is 106 Å². The maximum atomic E-state index is 9.80. The van der Waals surface area contributed by atoms with Crippen LogP contribution in [0.2, 0.25) is 0 Å². The fourth-order valence-electron chi connectivity index (χ4n) is 1.55. The van der Waals surface area contributed by atoms with Gasteiger partial charge in [0.05, 0.1) is 6.61 Å². The summed E-state index contributed by atoms with van der Waals surface area (Å²) < 4.78 is 5.29. The fraction of sp³-hybridized carbons (Fsp3) is 0.133. The molecule has 0 saturated carbocycles. The van der Waals surface area contributed by atoms with Crippen LogP contribution in [-0.4, -0.2) is 17.9 Å². The van der Waals surface area contributed by atoms with Crippen LogP contribution in [0.3, 0.4) is 0 Å². The Kier molecular flexibility index (Phi) is 3.97. The van der Waals surface area contributed by atoms with E-state index >= 15 is 0 Å². The molecule has 2 rings (SSSR count). The molecule has 3 heteroatoms. The molecule has 0 atom stereocenters. The number of aromatic hydroxyl groups is 1. The minimum absolute atomic E-state index is 0.119. The first-order valence-electron chi connectivity index (χ1n) is 5.84. The summed E-state index contributed by atoms with van der Waals surface area (Å²) in [7, 11) is 0. The molecule has 0 amide bonds. The first-order valence-corrected chi connectivity index (χ1v) is 5.84. The smallest absolute Gasteiger partial charge is 0.144 e. The van der Waals surface area contributed by atoms with Crippen LogP contribution in [0.25, 0.3) is 0 Å². The second kappa shape index (κ2) is 5.87. The monoisotopic (exact) mass is 241 g/mol. The summed E-state index contributed by atoms with van der Waals surface area (Å²) >= 11 is 0. The quantitative estimate of drug-likeness (QED) is 0.832. The minimum Gasteiger partial charge on any atom is -0.506 e. The van der Waals surface area contributed by atoms with Crippen molar-refractivity contribution in [3.05, 3.63) is 54.1 Å². The highest BCUT2D eigenvalue weighted by Gasteiger charge is 2.01. The van der Waals surface area contributed by atoms with Gasteiger partial charge in [-0.3, -0.25) is 4.99 Å². The van der Waals surface area contributed by atoms with E-state index in [0.717, 1.165) is 5.56 Å². The van der Waals surface area contributed by atoms with E-state index in [1.165, 1.54) is 0 Å². The molecule has 2 aromatic rings. The van der Waals surface area contributed by atoms with Crippen molar-refractivity contribution in [2.75, 3.05) is 6.61 Å². The van der Waals surface area contributed by atoms with E-state index in [1.807, 2.05) is 37.3 Å². The predicted molar refractivity (Wildman–Crippen MR) is 73.0 cm³/mol. The molecule has 0 unspecified atom stereocenters. The lowest BCUT2D eigenvalue weighted by molar-refractivity contribution is 0.338. The zero-order valence-corrected chi connectivity index (χ0v) is 10.2. The molecule has 18 heavy (non-hydrogen) atoms. The maximum absolute atomic E-state index is 9.80. The number of aliphatic imine (C=N–C) groups is 1. The number of nitrogens with zero attached hydrogens (tertiary/aromatic N) is 1. The van der Waals surface area contributed by atoms with E-state index < -0.39 is 0 Å². The third kappa shape index (κ3) is 3.10. The van der Waals surface area contributed by atoms with Gasteiger partial charge in [-0.05, 0) is 24.6 Å². The van der Waals surface area contributed by atoms with Gasteiger partial charge in [-0.25, -0.2) is 0 Å². The lowest BCUT2D eigenvalue weighted by Crippen LogP contribution is -1.90. The molecule has 0 aliphatic heterocycles. The Hall–Kier alpha value is -2.29. The molecular formula is C15H15NO2. The zero-order valence-electron chi connectivity index (χ0n) is 10.2. The highest BCUT2D eigenvalue weighted by Crippen LogP contribution is 2.30. The number of phenolic OH excluding ortho intramolecular Hbond substituents is 1. The van der Waals surface area contributed by atoms with Crippen LogP contribution in [0.15, 0.2) is 53.5 Å². The Bertz CT molecular complexity index is 535. The van der Waals surface area contributed by atoms with Crippen molar-refractivity contribution in [1.82, 2.24) is 0 Å². The molecule has 92 valence electrons. The van der Waals surface area contributed by atoms with Crippen LogP contribution in [0.5, 0.6) is 11.5 Å². The van der Waals surface area contributed by atoms with E-state index in [2.05, 4.69) is 4.99 Å². The Morgan fingerprint density at radius 1 is 1.17 bits per heavy atom. The molecule has 0 fully saturated rings. The van der Waals surface area contributed by atoms with Gasteiger partial charge in [-0.2, -0.15) is 0 Å². The first-order chi connectivity index (χ1) is 8.79. The molecule has 2 aromatic carbocycles. The number of hydrogen-bond donors (Lipinski definition) is 1. The van der Waals surface area contributed by atoms with Gasteiger partial charge in [0.15, 0.2) is 0 Å². The number of hydrogen-bond acceptors (Lipinski definition) is 3. The van der Waals surface area contributed by atoms with Crippen LogP contribution in [0.1, 0.15) is 12.5 Å². The van der Waals surface area contributed by atoms with Crippen LogP contribution in [-0.2, 0) is 0 Å². The normalized spacial score (nSPS) is 10.7. The molecule has 0 radical (unpaired) electrons. The van der Waals surface area contributed by atoms with Gasteiger partial charge in [0, 0.05) is 12.3 Å². The van der Waals surface area contributed by atoms with Crippen molar-refractivity contribution in [3.8, 4) is 11.5 Å². The molecule has 0 heterocycles. The highest BCUT2D eigenvalue weighted by atomic mass is 16.5. The summed E-state index contributed by atoms with van der Waals surface area (Å²) in [4.78, 5) is 4.25. The van der Waals surface area contributed by atoms with E-state index in [0.29, 0.717) is 18.0 Å². The Balaban J connectivity index is 2.17. The molecule has 1 N–H and O–H groups in total. The predicted octanol–water partition coefficient (Wildman–Crippen LogP) is 3.54. The van der Waals surface area contributed by atoms with Gasteiger partial charge < -0.3 is 9.84 Å². The average molecular weight is 241 g/mol. The zero-order chi connectivity index (χ0) is 12.8. The lowest BCUT2D eigenvalue weighted by atomic mass is 10.2. The molecule has 0 saturated heterocycles. The second-order valence-corrected chi connectivity index (χ2v) is 3.75. The van der Waals surface area contributed by atoms with Crippen molar-refractivity contribution in [2.45, 2.75) is 6.92 Å². The van der Waals surface area contributed by atoms with Crippen LogP contribution in [0, 0.1) is 0 Å². The average Bonchev–Trinajstić information content (AvgIpc) is 2.39. The number of phenols is 1. The third-order valence-electron chi connectivity index (χ3n) is 2.41. The van der Waals surface area contributed by atoms with E-state index in [9.17, 15) is 5.11 Å². The Morgan fingerprint density at radius 3 is 2.61 bits per heavy atom. The topological polar surface area (TPSA) is 41.8 Å². The second-order valence-electron chi connectivity index (χ2n) is 3.75. The van der Waals surface area contributed by atoms with Gasteiger partial charge in [-0.1, -0.05) is 30.3 Å². The van der Waals surface area contributed by atoms with Gasteiger partial charge in [0.2, 0.25) is 0 Å². The molecule has 0 aliphatic rings. The molecule has 0 aromatic heterocycles. The summed E-state index contributed by atoms with van der Waals surface area (Å²) in [6.07, 6.45) is 1.72. The van der Waals surface area contributed by atoms with Crippen LogP contribution in [0.4, 0.5) is 5.69 Å². The summed E-state index contributed by atoms with van der Waals surface area (Å²) in [6, 6.07) is 14.8. The standard InChI is InChI=1S/C15H15NO2/c1-2-18-13-8-9-14(15(17)10-13)16-11-12-6-4-3-5-7-12/h3-11,17H,2H2,1H3. The van der Waals surface area contributed by atoms with Crippen molar-refractivity contribution in [1.29, 1.82) is 0 Å².